The minimum Gasteiger partial charge on any atom is -0.493 e. The van der Waals surface area contributed by atoms with Crippen molar-refractivity contribution in [3.8, 4) is 45.1 Å². The van der Waals surface area contributed by atoms with E-state index in [1.54, 1.807) is 73.9 Å². The number of amides is 4. The van der Waals surface area contributed by atoms with Crippen LogP contribution in [0.4, 0.5) is 53.9 Å². The minimum atomic E-state index is -4.31. The van der Waals surface area contributed by atoms with E-state index in [9.17, 15) is 66.0 Å². The molecule has 7 aromatic heterocycles. The standard InChI is InChI=1S/C29H34FN3O4S.C29H37N5O4S.C24H25F2N5O3S.C22H29N5O3S/c1-19(2)18-37-23-14-21(13-22(30)15-23)26-12-11-25(27(31-26)33-17-20(3)16-29(33,4)5)28(34)32-38(35,36)24-9-7-6-8-10-24;1-18(2)17-38-23-11-19(3)10-21(12-23)22-13-24(27(31-15-22)34-16-20(4)14-29(34,5)6)28(35)33-39(36,37)26-9-7-8-25(30)32-26;1-14-12-24(2,3)31(13-14)22-16(8-10-19(28-22)15-7-9-17(25)18(26)11-15)23(32)30-35(33,34)21-6-4-5-20(27)29-21;1-16-14-22(2,3)27(15-16)20-17(8-7-11-23-20)21(28)25-31(29,30)19-10-6-9-18(24-19)26-12-4-5-13-26/h6-15,19-20H,16-18H2,1-5H3,(H,32,34);7-13,15,18,20H,14,16-17H2,1-6H3,(H2,30,32)(H,33,35);4-11,14H,12-13H2,1-3H3,(H2,27,29)(H,30,32);6-11,16H,4-5,12-15H2,1-3H3,(H,25,28)/t20-;;14-;/m0.0./s1/i17D2;;;. The molecule has 5 aliphatic heterocycles. The molecule has 5 saturated heterocycles. The van der Waals surface area contributed by atoms with Crippen molar-refractivity contribution in [2.24, 2.45) is 35.5 Å². The normalized spacial score (nSPS) is 18.5. The highest BCUT2D eigenvalue weighted by molar-refractivity contribution is 7.91. The number of nitrogens with zero attached hydrogens (tertiary/aromatic N) is 12. The summed E-state index contributed by atoms with van der Waals surface area (Å²) in [5.74, 6) is -1.77. The van der Waals surface area contributed by atoms with Gasteiger partial charge in [-0.2, -0.15) is 25.3 Å². The second kappa shape index (κ2) is 43.4. The van der Waals surface area contributed by atoms with Crippen LogP contribution in [-0.4, -0.2) is 167 Å². The summed E-state index contributed by atoms with van der Waals surface area (Å²) < 4.78 is 183. The Morgan fingerprint density at radius 1 is 0.427 bits per heavy atom. The fraction of sp³-hybridized carbons (Fsp3) is 0.394. The summed E-state index contributed by atoms with van der Waals surface area (Å²) in [6.07, 6.45) is 8.63. The Bertz CT molecular complexity index is 7180. The molecule has 0 radical (unpaired) electrons. The molecule has 16 rings (SSSR count). The van der Waals surface area contributed by atoms with E-state index in [1.807, 2.05) is 76.3 Å². The molecule has 5 fully saturated rings. The first-order valence-corrected chi connectivity index (χ1v) is 53.1. The monoisotopic (exact) mass is 2040 g/mol. The zero-order valence-corrected chi connectivity index (χ0v) is 86.4. The van der Waals surface area contributed by atoms with E-state index in [2.05, 4.69) is 121 Å². The first kappa shape index (κ1) is 104. The number of aromatic nitrogens is 7. The SMILES string of the molecule is CC1CN(c2ncccc2C(=O)NS(=O)(=O)c2cccc(N3CCCC3)n2)C(C)(C)C1.C[C@@H]1CN(c2nc(-c3ccc(F)c(F)c3)ccc2C(=O)NS(=O)(=O)c2cccc(N)n2)C(C)(C)C1.Cc1cc(OCC(C)C)cc(-c2cnc(N3CC(C)CC3(C)C)c(C(=O)NS(=O)(=O)c3cccc(N)n3)c2)c1.[2H]C1([2H])[C@@H](C)CC(C)(C)N1c1nc(-c2cc(F)cc(OCC(C)C)c2)ccc1C(=O)NS(=O)(=O)c1ccccc1. The van der Waals surface area contributed by atoms with Gasteiger partial charge in [0.2, 0.25) is 0 Å². The van der Waals surface area contributed by atoms with Crippen LogP contribution >= 0.6 is 0 Å². The first-order valence-electron chi connectivity index (χ1n) is 48.2. The highest BCUT2D eigenvalue weighted by atomic mass is 32.2. The molecule has 32 nitrogen and oxygen atoms in total. The summed E-state index contributed by atoms with van der Waals surface area (Å²) in [5.41, 5.74) is 13.7. The summed E-state index contributed by atoms with van der Waals surface area (Å²) >= 11 is 0. The van der Waals surface area contributed by atoms with Gasteiger partial charge in [-0.05, 0) is 281 Å². The number of carbonyl (C=O) groups is 4. The molecule has 2 unspecified atom stereocenters. The number of nitrogens with one attached hydrogen (secondary N) is 4. The number of anilines is 7. The molecule has 143 heavy (non-hydrogen) atoms. The van der Waals surface area contributed by atoms with Gasteiger partial charge in [0.05, 0.1) is 51.8 Å². The van der Waals surface area contributed by atoms with E-state index in [4.69, 9.17) is 28.7 Å². The molecule has 4 amide bonds. The third-order valence-electron chi connectivity index (χ3n) is 24.7. The van der Waals surface area contributed by atoms with Gasteiger partial charge in [-0.1, -0.05) is 97.9 Å². The van der Waals surface area contributed by atoms with E-state index >= 15 is 0 Å². The fourth-order valence-electron chi connectivity index (χ4n) is 18.6. The number of nitrogens with two attached hydrogens (primary N) is 2. The molecule has 5 aliphatic rings. The lowest BCUT2D eigenvalue weighted by molar-refractivity contribution is 0.0972. The molecule has 0 saturated carbocycles. The number of halogens is 3. The van der Waals surface area contributed by atoms with Gasteiger partial charge < -0.3 is 45.4 Å². The van der Waals surface area contributed by atoms with Gasteiger partial charge in [0, 0.05) is 99.3 Å². The number of pyridine rings is 7. The van der Waals surface area contributed by atoms with E-state index in [-0.39, 0.29) is 94.6 Å². The summed E-state index contributed by atoms with van der Waals surface area (Å²) in [7, 11) is -16.9. The van der Waals surface area contributed by atoms with Crippen LogP contribution in [0.15, 0.2) is 214 Å². The van der Waals surface area contributed by atoms with Crippen LogP contribution in [0.5, 0.6) is 11.5 Å². The van der Waals surface area contributed by atoms with E-state index in [1.165, 1.54) is 102 Å². The zero-order valence-electron chi connectivity index (χ0n) is 85.1. The lowest BCUT2D eigenvalue weighted by Crippen LogP contribution is -2.41. The van der Waals surface area contributed by atoms with Crippen LogP contribution < -0.4 is 64.3 Å². The van der Waals surface area contributed by atoms with Crippen LogP contribution in [0.2, 0.25) is 0 Å². The van der Waals surface area contributed by atoms with Gasteiger partial charge in [0.15, 0.2) is 26.7 Å². The van der Waals surface area contributed by atoms with Crippen LogP contribution in [0.1, 0.15) is 199 Å². The van der Waals surface area contributed by atoms with Crippen molar-refractivity contribution in [3.05, 3.63) is 240 Å². The number of hydrogen-bond acceptors (Lipinski definition) is 28. The number of ether oxygens (including phenoxy) is 2. The number of sulfonamides is 4. The highest BCUT2D eigenvalue weighted by Crippen LogP contribution is 2.44. The van der Waals surface area contributed by atoms with Crippen LogP contribution in [0.25, 0.3) is 33.6 Å². The summed E-state index contributed by atoms with van der Waals surface area (Å²) in [6.45, 7) is 37.1. The summed E-state index contributed by atoms with van der Waals surface area (Å²) in [4.78, 5) is 93.2. The lowest BCUT2D eigenvalue weighted by Gasteiger charge is -2.34. The van der Waals surface area contributed by atoms with Crippen LogP contribution in [0, 0.1) is 59.9 Å². The van der Waals surface area contributed by atoms with Crippen molar-refractivity contribution in [2.75, 3.05) is 88.4 Å². The average Bonchev–Trinajstić information content (AvgIpc) is 1.58. The Labute approximate surface area is 838 Å². The predicted molar refractivity (Wildman–Crippen MR) is 547 cm³/mol. The molecule has 39 heteroatoms. The van der Waals surface area contributed by atoms with Crippen molar-refractivity contribution in [2.45, 2.75) is 198 Å². The molecule has 0 aliphatic carbocycles. The van der Waals surface area contributed by atoms with Crippen molar-refractivity contribution in [1.82, 2.24) is 53.8 Å². The molecule has 8 N–H and O–H groups in total. The maximum absolute atomic E-state index is 14.6. The predicted octanol–water partition coefficient (Wildman–Crippen LogP) is 17.0. The largest absolute Gasteiger partial charge is 0.493 e. The molecule has 12 heterocycles. The van der Waals surface area contributed by atoms with Gasteiger partial charge >= 0.3 is 0 Å². The van der Waals surface area contributed by atoms with Crippen LogP contribution in [0.3, 0.4) is 0 Å². The Kier molecular flexibility index (Phi) is 31.6. The number of rotatable bonds is 26. The number of carbonyl (C=O) groups excluding carboxylic acids is 4. The van der Waals surface area contributed by atoms with Crippen molar-refractivity contribution >= 4 is 104 Å². The van der Waals surface area contributed by atoms with Gasteiger partial charge in [-0.15, -0.1) is 0 Å². The van der Waals surface area contributed by atoms with Crippen LogP contribution in [-0.2, 0) is 40.1 Å². The average molecular weight is 2040 g/mol. The van der Waals surface area contributed by atoms with E-state index in [0.29, 0.717) is 96.1 Å². The lowest BCUT2D eigenvalue weighted by atomic mass is 9.97. The van der Waals surface area contributed by atoms with Gasteiger partial charge in [0.1, 0.15) is 58.0 Å². The quantitative estimate of drug-likeness (QED) is 0.0293. The fourth-order valence-corrected chi connectivity index (χ4v) is 22.4. The van der Waals surface area contributed by atoms with Crippen molar-refractivity contribution < 1.29 is 78.2 Å². The smallest absolute Gasteiger partial charge is 0.281 e. The minimum absolute atomic E-state index is 0.00799. The number of aryl methyl sites for hydroxylation is 1. The molecular weight excluding hydrogens is 1910 g/mol. The summed E-state index contributed by atoms with van der Waals surface area (Å²) in [5, 5.41) is -0.887. The van der Waals surface area contributed by atoms with Gasteiger partial charge in [0.25, 0.3) is 63.7 Å². The maximum atomic E-state index is 14.6. The molecule has 4 atom stereocenters. The molecule has 760 valence electrons. The molecule has 4 aromatic carbocycles. The second-order valence-electron chi connectivity index (χ2n) is 40.3. The van der Waals surface area contributed by atoms with E-state index in [0.717, 1.165) is 80.7 Å². The Morgan fingerprint density at radius 3 is 1.35 bits per heavy atom. The number of nitrogen functional groups attached to an aromatic ring is 2. The molecule has 0 bridgehead atoms. The van der Waals surface area contributed by atoms with Crippen molar-refractivity contribution in [3.63, 3.8) is 0 Å². The highest BCUT2D eigenvalue weighted by Gasteiger charge is 2.45. The Balaban J connectivity index is 0.000000163. The molecule has 0 spiro atoms. The molecular formula is C104H125F3N18O14S4. The maximum Gasteiger partial charge on any atom is 0.281 e. The number of hydrogen-bond donors (Lipinski definition) is 6. The zero-order chi connectivity index (χ0) is 106. The topological polar surface area (TPSA) is 430 Å². The first-order chi connectivity index (χ1) is 67.9. The van der Waals surface area contributed by atoms with Gasteiger partial charge in [-0.3, -0.25) is 19.2 Å². The third-order valence-corrected chi connectivity index (χ3v) is 29.7. The van der Waals surface area contributed by atoms with Gasteiger partial charge in [-0.25, -0.2) is 75.4 Å². The second-order valence-corrected chi connectivity index (χ2v) is 46.9. The Hall–Kier alpha value is -13.4. The summed E-state index contributed by atoms with van der Waals surface area (Å²) in [6, 6.07) is 44.8. The molecule has 11 aromatic rings. The van der Waals surface area contributed by atoms with E-state index < -0.39 is 104 Å². The number of benzene rings is 4. The Morgan fingerprint density at radius 2 is 0.867 bits per heavy atom. The van der Waals surface area contributed by atoms with Crippen molar-refractivity contribution in [1.29, 1.82) is 0 Å². The third kappa shape index (κ3) is 26.2.